The average molecular weight is 660 g/mol. The SMILES string of the molecule is COc1ncc(-c2ccc(C[n+]3cc(NC(=O)Nc4cc(NC(=O)Cc5noc6ccccc56)cc(C(F)(F)F)c4)on3)cc2)c(C)n1. The molecule has 0 aliphatic carbocycles. The second-order valence-electron chi connectivity index (χ2n) is 10.5. The van der Waals surface area contributed by atoms with E-state index in [0.29, 0.717) is 23.2 Å². The Labute approximate surface area is 269 Å². The molecule has 3 aromatic carbocycles. The maximum absolute atomic E-state index is 13.7. The molecular formula is C32H26F3N8O5+. The van der Waals surface area contributed by atoms with E-state index in [-0.39, 0.29) is 29.7 Å². The van der Waals surface area contributed by atoms with E-state index < -0.39 is 23.7 Å². The van der Waals surface area contributed by atoms with Crippen LogP contribution in [0.1, 0.15) is 22.5 Å². The molecule has 6 aromatic rings. The van der Waals surface area contributed by atoms with Gasteiger partial charge in [-0.2, -0.15) is 18.2 Å². The Bertz CT molecular complexity index is 2110. The summed E-state index contributed by atoms with van der Waals surface area (Å²) in [5, 5.41) is 15.5. The number of aryl methyl sites for hydroxylation is 1. The highest BCUT2D eigenvalue weighted by Gasteiger charge is 2.32. The van der Waals surface area contributed by atoms with Gasteiger partial charge in [0.05, 0.1) is 24.8 Å². The quantitative estimate of drug-likeness (QED) is 0.164. The van der Waals surface area contributed by atoms with Gasteiger partial charge in [0.2, 0.25) is 17.7 Å². The lowest BCUT2D eigenvalue weighted by atomic mass is 10.0. The molecule has 0 spiro atoms. The molecule has 0 aliphatic heterocycles. The number of hydrogen-bond donors (Lipinski definition) is 3. The third-order valence-corrected chi connectivity index (χ3v) is 7.08. The molecule has 3 N–H and O–H groups in total. The molecular weight excluding hydrogens is 633 g/mol. The minimum atomic E-state index is -4.76. The smallest absolute Gasteiger partial charge is 0.416 e. The van der Waals surface area contributed by atoms with E-state index in [9.17, 15) is 22.8 Å². The van der Waals surface area contributed by atoms with Crippen molar-refractivity contribution in [3.8, 4) is 17.1 Å². The number of benzene rings is 3. The molecule has 0 atom stereocenters. The lowest BCUT2D eigenvalue weighted by molar-refractivity contribution is -0.754. The molecule has 0 fully saturated rings. The molecule has 0 bridgehead atoms. The summed E-state index contributed by atoms with van der Waals surface area (Å²) < 4.78 is 57.9. The standard InChI is InChI=1S/C32H25F3N8O5/c1-18-25(15-36-31(37-18)46-2)20-9-7-19(8-10-20)16-43-17-29(48-42-43)40-30(45)39-23-12-21(32(33,34)35)11-22(13-23)38-28(44)14-26-24-5-3-4-6-27(24)47-41-26/h3-13,15,17H,14,16H2,1-2H3,(H2-,38,39,40,42,44,45)/p+1. The molecule has 6 rings (SSSR count). The molecule has 16 heteroatoms. The number of methoxy groups -OCH3 is 1. The van der Waals surface area contributed by atoms with Crippen LogP contribution in [-0.4, -0.2) is 39.4 Å². The van der Waals surface area contributed by atoms with Crippen molar-refractivity contribution in [3.05, 3.63) is 102 Å². The second kappa shape index (κ2) is 13.2. The normalized spacial score (nSPS) is 11.4. The number of fused-ring (bicyclic) bond motifs is 1. The number of alkyl halides is 3. The van der Waals surface area contributed by atoms with Crippen LogP contribution < -0.4 is 25.4 Å². The van der Waals surface area contributed by atoms with Crippen LogP contribution in [0, 0.1) is 6.92 Å². The number of aromatic nitrogens is 5. The van der Waals surface area contributed by atoms with Crippen molar-refractivity contribution in [1.82, 2.24) is 20.4 Å². The van der Waals surface area contributed by atoms with Gasteiger partial charge in [0.1, 0.15) is 5.69 Å². The van der Waals surface area contributed by atoms with Gasteiger partial charge in [-0.1, -0.05) is 41.6 Å². The summed E-state index contributed by atoms with van der Waals surface area (Å²) >= 11 is 0. The fourth-order valence-electron chi connectivity index (χ4n) is 4.85. The lowest BCUT2D eigenvalue weighted by Crippen LogP contribution is -2.35. The van der Waals surface area contributed by atoms with E-state index in [2.05, 4.69) is 36.3 Å². The Balaban J connectivity index is 1.09. The van der Waals surface area contributed by atoms with Gasteiger partial charge >= 0.3 is 24.1 Å². The molecule has 3 heterocycles. The zero-order valence-corrected chi connectivity index (χ0v) is 25.3. The number of nitrogens with zero attached hydrogens (tertiary/aromatic N) is 5. The molecule has 0 unspecified atom stereocenters. The van der Waals surface area contributed by atoms with Crippen molar-refractivity contribution in [2.45, 2.75) is 26.1 Å². The minimum Gasteiger partial charge on any atom is -0.467 e. The summed E-state index contributed by atoms with van der Waals surface area (Å²) in [5.74, 6) is -0.690. The number of para-hydroxylation sites is 1. The predicted octanol–water partition coefficient (Wildman–Crippen LogP) is 5.77. The number of carbonyl (C=O) groups excluding carboxylic acids is 2. The molecule has 244 valence electrons. The maximum Gasteiger partial charge on any atom is 0.416 e. The summed E-state index contributed by atoms with van der Waals surface area (Å²) in [6, 6.07) is 16.5. The molecule has 48 heavy (non-hydrogen) atoms. The van der Waals surface area contributed by atoms with Crippen LogP contribution in [0.4, 0.5) is 35.2 Å². The average Bonchev–Trinajstić information content (AvgIpc) is 3.67. The van der Waals surface area contributed by atoms with Gasteiger partial charge in [0, 0.05) is 34.1 Å². The van der Waals surface area contributed by atoms with Gasteiger partial charge in [-0.25, -0.2) is 9.78 Å². The van der Waals surface area contributed by atoms with Crippen LogP contribution in [0.2, 0.25) is 0 Å². The fraction of sp³-hybridized carbons (Fsp3) is 0.156. The van der Waals surface area contributed by atoms with Gasteiger partial charge in [-0.3, -0.25) is 14.6 Å². The first-order valence-corrected chi connectivity index (χ1v) is 14.3. The van der Waals surface area contributed by atoms with Crippen LogP contribution in [0.25, 0.3) is 22.1 Å². The number of amides is 3. The number of urea groups is 1. The van der Waals surface area contributed by atoms with Crippen molar-refractivity contribution in [2.24, 2.45) is 0 Å². The van der Waals surface area contributed by atoms with Crippen LogP contribution in [0.15, 0.2) is 88.2 Å². The van der Waals surface area contributed by atoms with Crippen molar-refractivity contribution >= 4 is 40.2 Å². The van der Waals surface area contributed by atoms with E-state index in [1.54, 1.807) is 30.5 Å². The molecule has 13 nitrogen and oxygen atoms in total. The third-order valence-electron chi connectivity index (χ3n) is 7.08. The molecule has 3 amide bonds. The van der Waals surface area contributed by atoms with E-state index in [1.165, 1.54) is 24.1 Å². The predicted molar refractivity (Wildman–Crippen MR) is 165 cm³/mol. The topological polar surface area (TPSA) is 161 Å². The first-order chi connectivity index (χ1) is 23.0. The highest BCUT2D eigenvalue weighted by Crippen LogP contribution is 2.34. The minimum absolute atomic E-state index is 0.0598. The van der Waals surface area contributed by atoms with Crippen molar-refractivity contribution in [2.75, 3.05) is 23.1 Å². The Kier molecular flexibility index (Phi) is 8.70. The summed E-state index contributed by atoms with van der Waals surface area (Å²) in [5.41, 5.74) is 2.69. The first kappa shape index (κ1) is 31.7. The molecule has 0 aliphatic rings. The summed E-state index contributed by atoms with van der Waals surface area (Å²) in [4.78, 5) is 33.8. The fourth-order valence-corrected chi connectivity index (χ4v) is 4.85. The Hall–Kier alpha value is -6.32. The zero-order valence-electron chi connectivity index (χ0n) is 25.3. The third kappa shape index (κ3) is 7.38. The van der Waals surface area contributed by atoms with Gasteiger partial charge < -0.3 is 19.9 Å². The van der Waals surface area contributed by atoms with E-state index in [0.717, 1.165) is 34.5 Å². The van der Waals surface area contributed by atoms with Crippen molar-refractivity contribution in [3.63, 3.8) is 0 Å². The first-order valence-electron chi connectivity index (χ1n) is 14.3. The van der Waals surface area contributed by atoms with Crippen LogP contribution >= 0.6 is 0 Å². The monoisotopic (exact) mass is 659 g/mol. The number of carbonyl (C=O) groups is 2. The summed E-state index contributed by atoms with van der Waals surface area (Å²) in [6.07, 6.45) is -1.90. The van der Waals surface area contributed by atoms with Crippen molar-refractivity contribution < 1.29 is 41.2 Å². The summed E-state index contributed by atoms with van der Waals surface area (Å²) in [6.45, 7) is 2.16. The molecule has 0 saturated heterocycles. The van der Waals surface area contributed by atoms with Crippen LogP contribution in [0.5, 0.6) is 6.01 Å². The Morgan fingerprint density at radius 3 is 2.44 bits per heavy atom. The highest BCUT2D eigenvalue weighted by molar-refractivity contribution is 6.00. The van der Waals surface area contributed by atoms with Gasteiger partial charge in [0.15, 0.2) is 5.58 Å². The zero-order chi connectivity index (χ0) is 33.8. The number of nitrogens with one attached hydrogen (secondary N) is 3. The maximum atomic E-state index is 13.7. The summed E-state index contributed by atoms with van der Waals surface area (Å²) in [7, 11) is 1.50. The molecule has 3 aromatic heterocycles. The van der Waals surface area contributed by atoms with Gasteiger partial charge in [-0.05, 0) is 47.5 Å². The highest BCUT2D eigenvalue weighted by atomic mass is 19.4. The number of anilines is 3. The molecule has 0 saturated carbocycles. The van der Waals surface area contributed by atoms with Gasteiger partial charge in [0.25, 0.3) is 6.20 Å². The second-order valence-corrected chi connectivity index (χ2v) is 10.5. The Morgan fingerprint density at radius 2 is 1.71 bits per heavy atom. The van der Waals surface area contributed by atoms with Crippen molar-refractivity contribution in [1.29, 1.82) is 0 Å². The Morgan fingerprint density at radius 1 is 0.958 bits per heavy atom. The van der Waals surface area contributed by atoms with E-state index in [4.69, 9.17) is 13.8 Å². The van der Waals surface area contributed by atoms with E-state index in [1.807, 2.05) is 31.2 Å². The molecule has 0 radical (unpaired) electrons. The largest absolute Gasteiger partial charge is 0.467 e. The van der Waals surface area contributed by atoms with Crippen LogP contribution in [0.3, 0.4) is 0 Å². The van der Waals surface area contributed by atoms with E-state index >= 15 is 0 Å². The lowest BCUT2D eigenvalue weighted by Gasteiger charge is -2.13. The number of hydrogen-bond acceptors (Lipinski definition) is 9. The number of halogens is 3. The number of rotatable bonds is 9. The number of ether oxygens (including phenoxy) is 1. The van der Waals surface area contributed by atoms with Gasteiger partial charge in [-0.15, -0.1) is 0 Å². The van der Waals surface area contributed by atoms with Crippen LogP contribution in [-0.2, 0) is 23.9 Å².